The van der Waals surface area contributed by atoms with E-state index in [1.807, 2.05) is 19.2 Å². The number of carbonyl (C=O) groups excluding carboxylic acids is 2. The number of likely N-dealkylation sites (tertiary alicyclic amines) is 1. The number of carboxylic acids is 1. The minimum Gasteiger partial charge on any atom is -0.475 e. The summed E-state index contributed by atoms with van der Waals surface area (Å²) in [6.07, 6.45) is -1.77. The number of aliphatic carboxylic acids is 1. The first-order valence-electron chi connectivity index (χ1n) is 9.97. The Morgan fingerprint density at radius 1 is 1.23 bits per heavy atom. The van der Waals surface area contributed by atoms with Crippen molar-refractivity contribution >= 4 is 23.5 Å². The summed E-state index contributed by atoms with van der Waals surface area (Å²) in [7, 11) is 2.03. The van der Waals surface area contributed by atoms with Crippen LogP contribution in [0.15, 0.2) is 24.3 Å². The molecule has 2 amide bonds. The second-order valence-corrected chi connectivity index (χ2v) is 7.49. The number of carboxylic acid groups (broad SMARTS) is 1. The molecule has 172 valence electrons. The fraction of sp³-hybridized carbons (Fsp3) is 0.550. The van der Waals surface area contributed by atoms with Gasteiger partial charge in [0.1, 0.15) is 6.04 Å². The van der Waals surface area contributed by atoms with Gasteiger partial charge in [0.05, 0.1) is 0 Å². The molecule has 0 radical (unpaired) electrons. The van der Waals surface area contributed by atoms with Gasteiger partial charge >= 0.3 is 12.1 Å². The molecule has 0 spiro atoms. The molecule has 3 rings (SSSR count). The van der Waals surface area contributed by atoms with E-state index in [2.05, 4.69) is 33.0 Å². The SMILES string of the molecule is CNC1CCN(Cc2cccc(NC3CCC(=O)NC3=O)c2)CC1.O=C(O)C(F)(F)F. The molecule has 0 aromatic heterocycles. The molecule has 1 aromatic carbocycles. The summed E-state index contributed by atoms with van der Waals surface area (Å²) in [5.41, 5.74) is 2.18. The van der Waals surface area contributed by atoms with E-state index in [0.717, 1.165) is 25.3 Å². The molecule has 1 atom stereocenters. The van der Waals surface area contributed by atoms with E-state index in [4.69, 9.17) is 9.90 Å². The number of carbonyl (C=O) groups is 3. The van der Waals surface area contributed by atoms with Gasteiger partial charge < -0.3 is 15.7 Å². The number of nitrogens with one attached hydrogen (secondary N) is 3. The molecule has 2 aliphatic heterocycles. The van der Waals surface area contributed by atoms with Crippen molar-refractivity contribution in [2.75, 3.05) is 25.5 Å². The zero-order chi connectivity index (χ0) is 23.0. The number of piperidine rings is 2. The van der Waals surface area contributed by atoms with Gasteiger partial charge in [0.2, 0.25) is 11.8 Å². The van der Waals surface area contributed by atoms with Gasteiger partial charge in [0, 0.05) is 24.7 Å². The van der Waals surface area contributed by atoms with Crippen molar-refractivity contribution in [1.82, 2.24) is 15.5 Å². The molecule has 31 heavy (non-hydrogen) atoms. The zero-order valence-corrected chi connectivity index (χ0v) is 17.2. The number of amides is 2. The summed E-state index contributed by atoms with van der Waals surface area (Å²) in [5, 5.41) is 16.1. The van der Waals surface area contributed by atoms with Crippen LogP contribution in [0.2, 0.25) is 0 Å². The van der Waals surface area contributed by atoms with E-state index in [1.165, 1.54) is 18.4 Å². The molecule has 2 fully saturated rings. The summed E-state index contributed by atoms with van der Waals surface area (Å²) in [5.74, 6) is -3.17. The number of imide groups is 1. The number of anilines is 1. The van der Waals surface area contributed by atoms with Crippen LogP contribution in [0.1, 0.15) is 31.2 Å². The molecule has 1 aromatic rings. The Morgan fingerprint density at radius 3 is 2.42 bits per heavy atom. The largest absolute Gasteiger partial charge is 0.490 e. The van der Waals surface area contributed by atoms with Gasteiger partial charge in [-0.15, -0.1) is 0 Å². The second-order valence-electron chi connectivity index (χ2n) is 7.49. The molecule has 8 nitrogen and oxygen atoms in total. The first-order valence-corrected chi connectivity index (χ1v) is 9.97. The number of rotatable bonds is 5. The Bertz CT molecular complexity index is 780. The van der Waals surface area contributed by atoms with Gasteiger partial charge in [-0.25, -0.2) is 4.79 Å². The molecule has 11 heteroatoms. The van der Waals surface area contributed by atoms with Crippen LogP contribution >= 0.6 is 0 Å². The van der Waals surface area contributed by atoms with Gasteiger partial charge in [-0.05, 0) is 57.1 Å². The van der Waals surface area contributed by atoms with Crippen molar-refractivity contribution in [3.8, 4) is 0 Å². The lowest BCUT2D eigenvalue weighted by Crippen LogP contribution is -2.47. The second kappa shape index (κ2) is 11.1. The molecule has 1 unspecified atom stereocenters. The van der Waals surface area contributed by atoms with Crippen molar-refractivity contribution < 1.29 is 32.7 Å². The third-order valence-electron chi connectivity index (χ3n) is 5.15. The Balaban J connectivity index is 0.000000423. The summed E-state index contributed by atoms with van der Waals surface area (Å²) < 4.78 is 31.7. The van der Waals surface area contributed by atoms with Crippen molar-refractivity contribution in [3.63, 3.8) is 0 Å². The number of hydrogen-bond donors (Lipinski definition) is 4. The average molecular weight is 444 g/mol. The van der Waals surface area contributed by atoms with Gasteiger partial charge in [-0.3, -0.25) is 19.8 Å². The number of benzene rings is 1. The first-order chi connectivity index (χ1) is 14.6. The zero-order valence-electron chi connectivity index (χ0n) is 17.2. The van der Waals surface area contributed by atoms with E-state index in [9.17, 15) is 22.8 Å². The summed E-state index contributed by atoms with van der Waals surface area (Å²) in [6, 6.07) is 8.53. The molecule has 2 saturated heterocycles. The minimum atomic E-state index is -5.08. The highest BCUT2D eigenvalue weighted by Gasteiger charge is 2.38. The summed E-state index contributed by atoms with van der Waals surface area (Å²) >= 11 is 0. The van der Waals surface area contributed by atoms with Gasteiger partial charge in [-0.2, -0.15) is 13.2 Å². The van der Waals surface area contributed by atoms with Gasteiger partial charge in [0.25, 0.3) is 0 Å². The Morgan fingerprint density at radius 2 is 1.87 bits per heavy atom. The smallest absolute Gasteiger partial charge is 0.475 e. The summed E-state index contributed by atoms with van der Waals surface area (Å²) in [6.45, 7) is 3.15. The van der Waals surface area contributed by atoms with Crippen LogP contribution in [0.25, 0.3) is 0 Å². The van der Waals surface area contributed by atoms with Crippen LogP contribution < -0.4 is 16.0 Å². The molecule has 0 saturated carbocycles. The molecule has 2 aliphatic rings. The Kier molecular flexibility index (Phi) is 8.81. The van der Waals surface area contributed by atoms with E-state index in [-0.39, 0.29) is 17.9 Å². The molecular formula is C20H27F3N4O4. The van der Waals surface area contributed by atoms with E-state index < -0.39 is 12.1 Å². The highest BCUT2D eigenvalue weighted by Crippen LogP contribution is 2.19. The molecule has 2 heterocycles. The number of hydrogen-bond acceptors (Lipinski definition) is 6. The Labute approximate surface area is 178 Å². The summed E-state index contributed by atoms with van der Waals surface area (Å²) in [4.78, 5) is 34.5. The topological polar surface area (TPSA) is 111 Å². The van der Waals surface area contributed by atoms with Crippen molar-refractivity contribution in [3.05, 3.63) is 29.8 Å². The van der Waals surface area contributed by atoms with E-state index >= 15 is 0 Å². The predicted molar refractivity (Wildman–Crippen MR) is 107 cm³/mol. The lowest BCUT2D eigenvalue weighted by atomic mass is 10.0. The van der Waals surface area contributed by atoms with Crippen LogP contribution in [0.3, 0.4) is 0 Å². The van der Waals surface area contributed by atoms with Crippen molar-refractivity contribution in [2.45, 2.75) is 50.5 Å². The minimum absolute atomic E-state index is 0.184. The third kappa shape index (κ3) is 8.18. The van der Waals surface area contributed by atoms with Crippen molar-refractivity contribution in [2.24, 2.45) is 0 Å². The van der Waals surface area contributed by atoms with E-state index in [1.54, 1.807) is 0 Å². The molecule has 0 bridgehead atoms. The van der Waals surface area contributed by atoms with Crippen LogP contribution in [-0.4, -0.2) is 66.2 Å². The number of alkyl halides is 3. The van der Waals surface area contributed by atoms with Gasteiger partial charge in [0.15, 0.2) is 0 Å². The quantitative estimate of drug-likeness (QED) is 0.512. The monoisotopic (exact) mass is 444 g/mol. The van der Waals surface area contributed by atoms with Crippen LogP contribution in [0.4, 0.5) is 18.9 Å². The van der Waals surface area contributed by atoms with Crippen LogP contribution in [0, 0.1) is 0 Å². The highest BCUT2D eigenvalue weighted by molar-refractivity contribution is 6.01. The van der Waals surface area contributed by atoms with Crippen LogP contribution in [-0.2, 0) is 20.9 Å². The average Bonchev–Trinajstić information content (AvgIpc) is 2.71. The van der Waals surface area contributed by atoms with E-state index in [0.29, 0.717) is 18.9 Å². The maximum atomic E-state index is 11.9. The number of halogens is 3. The fourth-order valence-electron chi connectivity index (χ4n) is 3.43. The first kappa shape index (κ1) is 24.6. The molecular weight excluding hydrogens is 417 g/mol. The standard InChI is InChI=1S/C18H26N4O2.C2HF3O2/c1-19-14-7-9-22(10-8-14)12-13-3-2-4-15(11-13)20-16-5-6-17(23)21-18(16)24;3-2(4,5)1(6)7/h2-4,11,14,16,19-20H,5-10,12H2,1H3,(H,21,23,24);(H,6,7). The number of nitrogens with zero attached hydrogens (tertiary/aromatic N) is 1. The van der Waals surface area contributed by atoms with Crippen LogP contribution in [0.5, 0.6) is 0 Å². The maximum Gasteiger partial charge on any atom is 0.490 e. The lowest BCUT2D eigenvalue weighted by Gasteiger charge is -2.31. The fourth-order valence-corrected chi connectivity index (χ4v) is 3.43. The third-order valence-corrected chi connectivity index (χ3v) is 5.15. The normalized spacial score (nSPS) is 20.5. The van der Waals surface area contributed by atoms with Crippen molar-refractivity contribution in [1.29, 1.82) is 0 Å². The van der Waals surface area contributed by atoms with Gasteiger partial charge in [-0.1, -0.05) is 12.1 Å². The Hall–Kier alpha value is -2.66. The maximum absolute atomic E-state index is 11.9. The highest BCUT2D eigenvalue weighted by atomic mass is 19.4. The lowest BCUT2D eigenvalue weighted by molar-refractivity contribution is -0.192. The molecule has 0 aliphatic carbocycles. The predicted octanol–water partition coefficient (Wildman–Crippen LogP) is 1.72. The molecule has 4 N–H and O–H groups in total.